The van der Waals surface area contributed by atoms with E-state index in [4.69, 9.17) is 16.7 Å². The van der Waals surface area contributed by atoms with Crippen molar-refractivity contribution in [1.29, 1.82) is 0 Å². The van der Waals surface area contributed by atoms with Gasteiger partial charge in [-0.2, -0.15) is 0 Å². The molecule has 0 bridgehead atoms. The minimum atomic E-state index is -0.998. The number of nitrogens with zero attached hydrogens (tertiary/aromatic N) is 3. The molecule has 1 amide bonds. The van der Waals surface area contributed by atoms with E-state index in [1.165, 1.54) is 0 Å². The zero-order chi connectivity index (χ0) is 26.3. The van der Waals surface area contributed by atoms with E-state index in [1.807, 2.05) is 25.2 Å². The topological polar surface area (TPSA) is 95.4 Å². The van der Waals surface area contributed by atoms with Crippen LogP contribution in [0, 0.1) is 17.3 Å². The second-order valence-corrected chi connectivity index (χ2v) is 10.9. The van der Waals surface area contributed by atoms with Crippen LogP contribution in [0.4, 0.5) is 5.82 Å². The fraction of sp³-hybridized carbons (Fsp3) is 0.556. The van der Waals surface area contributed by atoms with Crippen LogP contribution >= 0.6 is 11.6 Å². The molecule has 0 spiro atoms. The number of carboxylic acid groups (broad SMARTS) is 1. The van der Waals surface area contributed by atoms with Crippen molar-refractivity contribution < 1.29 is 14.7 Å². The quantitative estimate of drug-likeness (QED) is 0.349. The van der Waals surface area contributed by atoms with Gasteiger partial charge in [0, 0.05) is 37.7 Å². The van der Waals surface area contributed by atoms with Crippen molar-refractivity contribution >= 4 is 29.3 Å². The number of carbonyl (C=O) groups excluding carboxylic acids is 1. The molecule has 2 rings (SSSR count). The number of carboxylic acids is 1. The first-order chi connectivity index (χ1) is 16.3. The summed E-state index contributed by atoms with van der Waals surface area (Å²) >= 11 is 6.28. The lowest BCUT2D eigenvalue weighted by atomic mass is 9.69. The summed E-state index contributed by atoms with van der Waals surface area (Å²) in [6, 6.07) is 0. The van der Waals surface area contributed by atoms with Gasteiger partial charge in [0.05, 0.1) is 6.42 Å². The van der Waals surface area contributed by atoms with Gasteiger partial charge in [0.2, 0.25) is 5.91 Å². The maximum Gasteiger partial charge on any atom is 0.308 e. The molecule has 35 heavy (non-hydrogen) atoms. The normalized spacial score (nSPS) is 19.0. The summed E-state index contributed by atoms with van der Waals surface area (Å²) in [6.07, 6.45) is 9.61. The SMILES string of the molecule is C=C(C=CC(=CC)NC(=O)C1CCC(C(C)(C)C)CC1)Cc1nc(Cl)c(CC(=O)O)c(N(C)C)n1. The highest BCUT2D eigenvalue weighted by Crippen LogP contribution is 2.39. The Balaban J connectivity index is 2.00. The van der Waals surface area contributed by atoms with E-state index in [-0.39, 0.29) is 28.8 Å². The minimum absolute atomic E-state index is 0.0458. The second kappa shape index (κ2) is 12.3. The number of halogens is 1. The van der Waals surface area contributed by atoms with E-state index in [0.29, 0.717) is 29.5 Å². The maximum atomic E-state index is 12.8. The predicted octanol–water partition coefficient (Wildman–Crippen LogP) is 5.35. The zero-order valence-electron chi connectivity index (χ0n) is 21.8. The number of hydrogen-bond acceptors (Lipinski definition) is 5. The summed E-state index contributed by atoms with van der Waals surface area (Å²) in [4.78, 5) is 34.5. The minimum Gasteiger partial charge on any atom is -0.481 e. The molecule has 1 aliphatic rings. The van der Waals surface area contributed by atoms with Gasteiger partial charge in [-0.3, -0.25) is 9.59 Å². The highest BCUT2D eigenvalue weighted by molar-refractivity contribution is 6.30. The number of hydrogen-bond donors (Lipinski definition) is 2. The number of amides is 1. The number of carbonyl (C=O) groups is 2. The molecule has 1 aromatic heterocycles. The molecule has 1 saturated carbocycles. The summed E-state index contributed by atoms with van der Waals surface area (Å²) in [6.45, 7) is 12.8. The van der Waals surface area contributed by atoms with Crippen LogP contribution < -0.4 is 10.2 Å². The molecule has 0 atom stereocenters. The summed E-state index contributed by atoms with van der Waals surface area (Å²) < 4.78 is 0. The number of allylic oxidation sites excluding steroid dienone is 4. The highest BCUT2D eigenvalue weighted by atomic mass is 35.5. The summed E-state index contributed by atoms with van der Waals surface area (Å²) in [7, 11) is 3.55. The third-order valence-corrected chi connectivity index (χ3v) is 6.83. The number of nitrogens with one attached hydrogen (secondary N) is 1. The van der Waals surface area contributed by atoms with E-state index in [1.54, 1.807) is 19.0 Å². The summed E-state index contributed by atoms with van der Waals surface area (Å²) in [5.74, 6) is 0.704. The van der Waals surface area contributed by atoms with Crippen LogP contribution in [0.3, 0.4) is 0 Å². The van der Waals surface area contributed by atoms with Crippen molar-refractivity contribution in [3.63, 3.8) is 0 Å². The molecular weight excluding hydrogens is 464 g/mol. The number of aliphatic carboxylic acids is 1. The van der Waals surface area contributed by atoms with Crippen molar-refractivity contribution in [3.05, 3.63) is 52.6 Å². The molecule has 1 aromatic rings. The number of anilines is 1. The molecule has 2 N–H and O–H groups in total. The van der Waals surface area contributed by atoms with Crippen LogP contribution in [-0.2, 0) is 22.4 Å². The van der Waals surface area contributed by atoms with Gasteiger partial charge in [-0.1, -0.05) is 51.1 Å². The molecule has 0 aliphatic heterocycles. The lowest BCUT2D eigenvalue weighted by Gasteiger charge is -2.36. The molecule has 7 nitrogen and oxygen atoms in total. The van der Waals surface area contributed by atoms with Crippen LogP contribution in [0.25, 0.3) is 0 Å². The molecular formula is C27H39ClN4O3. The van der Waals surface area contributed by atoms with Crippen LogP contribution in [0.5, 0.6) is 0 Å². The molecule has 1 heterocycles. The molecule has 0 unspecified atom stereocenters. The second-order valence-electron chi connectivity index (χ2n) is 10.5. The fourth-order valence-electron chi connectivity index (χ4n) is 4.39. The zero-order valence-corrected chi connectivity index (χ0v) is 22.6. The first kappa shape index (κ1) is 28.6. The Morgan fingerprint density at radius 3 is 2.29 bits per heavy atom. The largest absolute Gasteiger partial charge is 0.481 e. The van der Waals surface area contributed by atoms with Crippen LogP contribution in [0.1, 0.15) is 64.8 Å². The third-order valence-electron chi connectivity index (χ3n) is 6.52. The van der Waals surface area contributed by atoms with Gasteiger partial charge in [-0.15, -0.1) is 0 Å². The predicted molar refractivity (Wildman–Crippen MR) is 141 cm³/mol. The van der Waals surface area contributed by atoms with Crippen molar-refractivity contribution in [2.75, 3.05) is 19.0 Å². The average Bonchev–Trinajstić information content (AvgIpc) is 2.77. The van der Waals surface area contributed by atoms with E-state index in [9.17, 15) is 9.59 Å². The van der Waals surface area contributed by atoms with Crippen LogP contribution in [-0.4, -0.2) is 41.0 Å². The van der Waals surface area contributed by atoms with Gasteiger partial charge in [-0.05, 0) is 55.6 Å². The maximum absolute atomic E-state index is 12.8. The van der Waals surface area contributed by atoms with E-state index in [2.05, 4.69) is 42.6 Å². The third kappa shape index (κ3) is 8.49. The Kier molecular flexibility index (Phi) is 10.1. The molecule has 0 aromatic carbocycles. The Labute approximate surface area is 214 Å². The number of aromatic nitrogens is 2. The van der Waals surface area contributed by atoms with Gasteiger partial charge < -0.3 is 15.3 Å². The summed E-state index contributed by atoms with van der Waals surface area (Å²) in [5.41, 5.74) is 2.12. The van der Waals surface area contributed by atoms with Gasteiger partial charge in [0.15, 0.2) is 0 Å². The van der Waals surface area contributed by atoms with Crippen LogP contribution in [0.2, 0.25) is 5.15 Å². The Morgan fingerprint density at radius 1 is 1.14 bits per heavy atom. The molecule has 1 aliphatic carbocycles. The molecule has 0 radical (unpaired) electrons. The lowest BCUT2D eigenvalue weighted by Crippen LogP contribution is -2.34. The van der Waals surface area contributed by atoms with Crippen molar-refractivity contribution in [2.24, 2.45) is 17.3 Å². The smallest absolute Gasteiger partial charge is 0.308 e. The average molecular weight is 503 g/mol. The van der Waals surface area contributed by atoms with Gasteiger partial charge >= 0.3 is 5.97 Å². The van der Waals surface area contributed by atoms with Crippen molar-refractivity contribution in [1.82, 2.24) is 15.3 Å². The number of rotatable bonds is 9. The van der Waals surface area contributed by atoms with Crippen molar-refractivity contribution in [2.45, 2.75) is 66.2 Å². The lowest BCUT2D eigenvalue weighted by molar-refractivity contribution is -0.136. The molecule has 1 fully saturated rings. The van der Waals surface area contributed by atoms with Gasteiger partial charge in [0.1, 0.15) is 16.8 Å². The Bertz CT molecular complexity index is 1000. The van der Waals surface area contributed by atoms with Crippen molar-refractivity contribution in [3.8, 4) is 0 Å². The van der Waals surface area contributed by atoms with E-state index >= 15 is 0 Å². The Hall–Kier alpha value is -2.67. The monoisotopic (exact) mass is 502 g/mol. The van der Waals surface area contributed by atoms with Crippen LogP contribution in [0.15, 0.2) is 36.1 Å². The van der Waals surface area contributed by atoms with Gasteiger partial charge in [0.25, 0.3) is 0 Å². The van der Waals surface area contributed by atoms with Gasteiger partial charge in [-0.25, -0.2) is 9.97 Å². The fourth-order valence-corrected chi connectivity index (χ4v) is 4.63. The highest BCUT2D eigenvalue weighted by Gasteiger charge is 2.32. The molecule has 192 valence electrons. The van der Waals surface area contributed by atoms with E-state index < -0.39 is 5.97 Å². The molecule has 0 saturated heterocycles. The van der Waals surface area contributed by atoms with E-state index in [0.717, 1.165) is 37.0 Å². The standard InChI is InChI=1S/C27H39ClN4O3/c1-8-20(29-26(35)18-10-12-19(13-11-18)27(3,4)5)14-9-17(2)15-22-30-24(28)21(16-23(33)34)25(31-22)32(6)7/h8-9,14,18-19H,2,10-13,15-16H2,1,3-7H3,(H,29,35)(H,33,34). The first-order valence-corrected chi connectivity index (χ1v) is 12.5. The Morgan fingerprint density at radius 2 is 1.77 bits per heavy atom. The first-order valence-electron chi connectivity index (χ1n) is 12.1. The summed E-state index contributed by atoms with van der Waals surface area (Å²) in [5, 5.41) is 12.3. The molecule has 8 heteroatoms.